The van der Waals surface area contributed by atoms with E-state index in [1.54, 1.807) is 4.90 Å². The van der Waals surface area contributed by atoms with Gasteiger partial charge in [0.2, 0.25) is 0 Å². The average Bonchev–Trinajstić information content (AvgIpc) is 2.64. The highest BCUT2D eigenvalue weighted by Gasteiger charge is 2.23. The van der Waals surface area contributed by atoms with Gasteiger partial charge in [-0.3, -0.25) is 0 Å². The first kappa shape index (κ1) is 16.7. The molecule has 0 saturated carbocycles. The Kier molecular flexibility index (Phi) is 5.67. The van der Waals surface area contributed by atoms with Crippen molar-refractivity contribution in [1.29, 1.82) is 0 Å². The summed E-state index contributed by atoms with van der Waals surface area (Å²) < 4.78 is 5.56. The fraction of sp³-hybridized carbons (Fsp3) is 0.421. The summed E-state index contributed by atoms with van der Waals surface area (Å²) in [6, 6.07) is 14.3. The lowest BCUT2D eigenvalue weighted by atomic mass is 10.0. The zero-order valence-corrected chi connectivity index (χ0v) is 13.8. The predicted molar refractivity (Wildman–Crippen MR) is 93.8 cm³/mol. The summed E-state index contributed by atoms with van der Waals surface area (Å²) >= 11 is 0. The third-order valence-corrected chi connectivity index (χ3v) is 4.42. The molecule has 2 N–H and O–H groups in total. The van der Waals surface area contributed by atoms with Crippen LogP contribution in [0.25, 0.3) is 10.8 Å². The number of amides is 2. The van der Waals surface area contributed by atoms with Gasteiger partial charge in [-0.25, -0.2) is 4.79 Å². The number of aliphatic hydroxyl groups excluding tert-OH is 1. The zero-order valence-electron chi connectivity index (χ0n) is 13.8. The Morgan fingerprint density at radius 3 is 2.96 bits per heavy atom. The lowest BCUT2D eigenvalue weighted by Gasteiger charge is -2.32. The number of hydrogen-bond acceptors (Lipinski definition) is 3. The minimum absolute atomic E-state index is 0.0176. The van der Waals surface area contributed by atoms with Crippen LogP contribution in [0.4, 0.5) is 4.79 Å². The van der Waals surface area contributed by atoms with E-state index < -0.39 is 0 Å². The molecule has 0 bridgehead atoms. The second-order valence-electron chi connectivity index (χ2n) is 6.10. The van der Waals surface area contributed by atoms with Crippen LogP contribution in [0.15, 0.2) is 42.5 Å². The molecule has 0 unspecified atom stereocenters. The third-order valence-electron chi connectivity index (χ3n) is 4.42. The summed E-state index contributed by atoms with van der Waals surface area (Å²) in [6.07, 6.45) is 1.89. The molecule has 0 aromatic heterocycles. The van der Waals surface area contributed by atoms with Crippen molar-refractivity contribution in [3.63, 3.8) is 0 Å². The first-order valence-corrected chi connectivity index (χ1v) is 8.50. The number of piperidine rings is 1. The number of ether oxygens (including phenoxy) is 1. The number of hydrogen-bond donors (Lipinski definition) is 2. The zero-order chi connectivity index (χ0) is 16.8. The molecule has 5 heteroatoms. The number of benzene rings is 2. The molecule has 128 valence electrons. The van der Waals surface area contributed by atoms with Crippen molar-refractivity contribution in [2.75, 3.05) is 26.3 Å². The number of likely N-dealkylation sites (tertiary alicyclic amines) is 1. The molecule has 1 saturated heterocycles. The van der Waals surface area contributed by atoms with Crippen LogP contribution in [-0.2, 0) is 11.3 Å². The van der Waals surface area contributed by atoms with E-state index in [0.29, 0.717) is 19.7 Å². The van der Waals surface area contributed by atoms with Crippen LogP contribution in [0.2, 0.25) is 0 Å². The minimum Gasteiger partial charge on any atom is -0.394 e. The van der Waals surface area contributed by atoms with E-state index in [4.69, 9.17) is 9.84 Å². The van der Waals surface area contributed by atoms with Gasteiger partial charge in [0, 0.05) is 19.6 Å². The van der Waals surface area contributed by atoms with Crippen LogP contribution in [0.1, 0.15) is 18.4 Å². The van der Waals surface area contributed by atoms with Crippen LogP contribution in [0, 0.1) is 0 Å². The molecule has 2 amide bonds. The molecular weight excluding hydrogens is 304 g/mol. The Morgan fingerprint density at radius 1 is 1.25 bits per heavy atom. The topological polar surface area (TPSA) is 61.8 Å². The van der Waals surface area contributed by atoms with Gasteiger partial charge in [0.1, 0.15) is 0 Å². The van der Waals surface area contributed by atoms with Gasteiger partial charge in [-0.1, -0.05) is 42.5 Å². The van der Waals surface area contributed by atoms with Gasteiger partial charge in [0.25, 0.3) is 0 Å². The molecule has 1 aliphatic heterocycles. The van der Waals surface area contributed by atoms with E-state index in [0.717, 1.165) is 24.9 Å². The van der Waals surface area contributed by atoms with Crippen LogP contribution in [0.5, 0.6) is 0 Å². The summed E-state index contributed by atoms with van der Waals surface area (Å²) in [5.74, 6) is 0. The molecule has 5 nitrogen and oxygen atoms in total. The van der Waals surface area contributed by atoms with Crippen molar-refractivity contribution >= 4 is 16.8 Å². The molecule has 1 heterocycles. The van der Waals surface area contributed by atoms with Crippen molar-refractivity contribution in [3.8, 4) is 0 Å². The monoisotopic (exact) mass is 328 g/mol. The lowest BCUT2D eigenvalue weighted by molar-refractivity contribution is -0.00580. The van der Waals surface area contributed by atoms with Gasteiger partial charge in [0.15, 0.2) is 0 Å². The van der Waals surface area contributed by atoms with Crippen LogP contribution >= 0.6 is 0 Å². The molecule has 1 fully saturated rings. The van der Waals surface area contributed by atoms with Crippen molar-refractivity contribution in [3.05, 3.63) is 48.0 Å². The number of rotatable bonds is 5. The molecule has 2 aromatic rings. The van der Waals surface area contributed by atoms with E-state index in [-0.39, 0.29) is 18.7 Å². The second kappa shape index (κ2) is 8.13. The number of carbonyl (C=O) groups is 1. The molecule has 0 aliphatic carbocycles. The maximum Gasteiger partial charge on any atom is 0.317 e. The van der Waals surface area contributed by atoms with Crippen molar-refractivity contribution in [1.82, 2.24) is 10.2 Å². The first-order chi connectivity index (χ1) is 11.8. The number of aliphatic hydroxyl groups is 1. The SMILES string of the molecule is O=C(NCc1cccc2ccccc12)N1CCC[C@H](OCCO)C1. The number of nitrogens with one attached hydrogen (secondary N) is 1. The molecule has 3 rings (SSSR count). The molecular formula is C19H24N2O3. The Morgan fingerprint density at radius 2 is 2.08 bits per heavy atom. The third kappa shape index (κ3) is 4.04. The molecule has 0 radical (unpaired) electrons. The fourth-order valence-electron chi connectivity index (χ4n) is 3.21. The molecule has 1 atom stereocenters. The van der Waals surface area contributed by atoms with E-state index >= 15 is 0 Å². The number of urea groups is 1. The van der Waals surface area contributed by atoms with Gasteiger partial charge in [-0.2, -0.15) is 0 Å². The Bertz CT molecular complexity index is 684. The number of fused-ring (bicyclic) bond motifs is 1. The Labute approximate surface area is 142 Å². The Hall–Kier alpha value is -2.11. The van der Waals surface area contributed by atoms with E-state index in [2.05, 4.69) is 23.5 Å². The predicted octanol–water partition coefficient (Wildman–Crippen LogP) is 2.52. The highest BCUT2D eigenvalue weighted by molar-refractivity contribution is 5.86. The quantitative estimate of drug-likeness (QED) is 0.886. The van der Waals surface area contributed by atoms with Gasteiger partial charge < -0.3 is 20.1 Å². The standard InChI is InChI=1S/C19H24N2O3/c22-11-12-24-17-8-4-10-21(14-17)19(23)20-13-16-7-3-6-15-5-1-2-9-18(15)16/h1-3,5-7,9,17,22H,4,8,10-14H2,(H,20,23)/t17-/m0/s1. The summed E-state index contributed by atoms with van der Waals surface area (Å²) in [5.41, 5.74) is 1.12. The smallest absolute Gasteiger partial charge is 0.317 e. The van der Waals surface area contributed by atoms with Crippen LogP contribution in [0.3, 0.4) is 0 Å². The van der Waals surface area contributed by atoms with E-state index in [1.165, 1.54) is 10.8 Å². The van der Waals surface area contributed by atoms with Gasteiger partial charge in [-0.15, -0.1) is 0 Å². The largest absolute Gasteiger partial charge is 0.394 e. The summed E-state index contributed by atoms with van der Waals surface area (Å²) in [5, 5.41) is 14.2. The highest BCUT2D eigenvalue weighted by atomic mass is 16.5. The number of nitrogens with zero attached hydrogens (tertiary/aromatic N) is 1. The molecule has 24 heavy (non-hydrogen) atoms. The maximum absolute atomic E-state index is 12.4. The van der Waals surface area contributed by atoms with Crippen molar-refractivity contribution < 1.29 is 14.6 Å². The van der Waals surface area contributed by atoms with E-state index in [9.17, 15) is 4.79 Å². The fourth-order valence-corrected chi connectivity index (χ4v) is 3.21. The van der Waals surface area contributed by atoms with E-state index in [1.807, 2.05) is 24.3 Å². The summed E-state index contributed by atoms with van der Waals surface area (Å²) in [4.78, 5) is 14.2. The van der Waals surface area contributed by atoms with Gasteiger partial charge in [0.05, 0.1) is 19.3 Å². The number of carbonyl (C=O) groups excluding carboxylic acids is 1. The first-order valence-electron chi connectivity index (χ1n) is 8.50. The van der Waals surface area contributed by atoms with Crippen molar-refractivity contribution in [2.45, 2.75) is 25.5 Å². The molecule has 0 spiro atoms. The van der Waals surface area contributed by atoms with Gasteiger partial charge >= 0.3 is 6.03 Å². The van der Waals surface area contributed by atoms with Crippen molar-refractivity contribution in [2.24, 2.45) is 0 Å². The summed E-state index contributed by atoms with van der Waals surface area (Å²) in [6.45, 7) is 2.19. The normalized spacial score (nSPS) is 17.9. The summed E-state index contributed by atoms with van der Waals surface area (Å²) in [7, 11) is 0. The van der Waals surface area contributed by atoms with Crippen LogP contribution in [-0.4, -0.2) is 48.4 Å². The minimum atomic E-state index is -0.0553. The lowest BCUT2D eigenvalue weighted by Crippen LogP contribution is -2.47. The molecule has 1 aliphatic rings. The van der Waals surface area contributed by atoms with Crippen LogP contribution < -0.4 is 5.32 Å². The highest BCUT2D eigenvalue weighted by Crippen LogP contribution is 2.18. The van der Waals surface area contributed by atoms with Gasteiger partial charge in [-0.05, 0) is 29.2 Å². The average molecular weight is 328 g/mol. The molecule has 2 aromatic carbocycles. The maximum atomic E-state index is 12.4. The second-order valence-corrected chi connectivity index (χ2v) is 6.10. The Balaban J connectivity index is 1.58.